The summed E-state index contributed by atoms with van der Waals surface area (Å²) in [5.41, 5.74) is 0.963. The topological polar surface area (TPSA) is 49.9 Å². The SMILES string of the molecule is CCCC(=O)N1CCN(C(=O)Cc2ccc(Oc3ccccc3)cc2)CC1. The zero-order chi connectivity index (χ0) is 19.1. The molecule has 2 aromatic rings. The van der Waals surface area contributed by atoms with E-state index in [2.05, 4.69) is 0 Å². The smallest absolute Gasteiger partial charge is 0.227 e. The predicted molar refractivity (Wildman–Crippen MR) is 105 cm³/mol. The van der Waals surface area contributed by atoms with Crippen LogP contribution in [0.4, 0.5) is 0 Å². The zero-order valence-corrected chi connectivity index (χ0v) is 15.8. The molecule has 2 amide bonds. The Morgan fingerprint density at radius 1 is 0.815 bits per heavy atom. The summed E-state index contributed by atoms with van der Waals surface area (Å²) in [6.07, 6.45) is 1.82. The van der Waals surface area contributed by atoms with Crippen molar-refractivity contribution in [3.05, 3.63) is 60.2 Å². The highest BCUT2D eigenvalue weighted by molar-refractivity contribution is 5.80. The standard InChI is InChI=1S/C22H26N2O3/c1-2-6-21(25)23-13-15-24(16-14-23)22(26)17-18-9-11-20(12-10-18)27-19-7-4-3-5-8-19/h3-5,7-12H,2,6,13-17H2,1H3. The number of hydrogen-bond acceptors (Lipinski definition) is 3. The lowest BCUT2D eigenvalue weighted by Gasteiger charge is -2.35. The molecule has 1 heterocycles. The second-order valence-electron chi connectivity index (χ2n) is 6.75. The molecule has 1 aliphatic rings. The van der Waals surface area contributed by atoms with Gasteiger partial charge in [0, 0.05) is 32.6 Å². The van der Waals surface area contributed by atoms with E-state index in [1.165, 1.54) is 0 Å². The highest BCUT2D eigenvalue weighted by atomic mass is 16.5. The molecule has 3 rings (SSSR count). The fourth-order valence-corrected chi connectivity index (χ4v) is 3.16. The summed E-state index contributed by atoms with van der Waals surface area (Å²) in [4.78, 5) is 28.2. The Morgan fingerprint density at radius 3 is 1.96 bits per heavy atom. The molecule has 5 nitrogen and oxygen atoms in total. The van der Waals surface area contributed by atoms with Gasteiger partial charge in [0.25, 0.3) is 0 Å². The predicted octanol–water partition coefficient (Wildman–Crippen LogP) is 3.49. The minimum Gasteiger partial charge on any atom is -0.457 e. The van der Waals surface area contributed by atoms with Crippen LogP contribution in [0.15, 0.2) is 54.6 Å². The molecule has 1 saturated heterocycles. The molecule has 0 aliphatic carbocycles. The monoisotopic (exact) mass is 366 g/mol. The lowest BCUT2D eigenvalue weighted by atomic mass is 10.1. The Kier molecular flexibility index (Phi) is 6.47. The van der Waals surface area contributed by atoms with Crippen LogP contribution >= 0.6 is 0 Å². The van der Waals surface area contributed by atoms with E-state index in [9.17, 15) is 9.59 Å². The lowest BCUT2D eigenvalue weighted by molar-refractivity contribution is -0.139. The molecular formula is C22H26N2O3. The third kappa shape index (κ3) is 5.33. The Hall–Kier alpha value is -2.82. The minimum atomic E-state index is 0.106. The number of amides is 2. The van der Waals surface area contributed by atoms with E-state index in [1.54, 1.807) is 0 Å². The number of benzene rings is 2. The lowest BCUT2D eigenvalue weighted by Crippen LogP contribution is -2.50. The van der Waals surface area contributed by atoms with Gasteiger partial charge in [0.2, 0.25) is 11.8 Å². The maximum Gasteiger partial charge on any atom is 0.227 e. The van der Waals surface area contributed by atoms with E-state index in [0.717, 1.165) is 23.5 Å². The molecule has 0 saturated carbocycles. The first-order valence-electron chi connectivity index (χ1n) is 9.53. The number of piperazine rings is 1. The summed E-state index contributed by atoms with van der Waals surface area (Å²) < 4.78 is 5.78. The van der Waals surface area contributed by atoms with Gasteiger partial charge >= 0.3 is 0 Å². The molecule has 0 aromatic heterocycles. The summed E-state index contributed by atoms with van der Waals surface area (Å²) in [5.74, 6) is 1.84. The quantitative estimate of drug-likeness (QED) is 0.786. The van der Waals surface area contributed by atoms with Crippen molar-refractivity contribution in [2.24, 2.45) is 0 Å². The first-order chi connectivity index (χ1) is 13.2. The van der Waals surface area contributed by atoms with Crippen LogP contribution in [0.1, 0.15) is 25.3 Å². The number of rotatable bonds is 6. The van der Waals surface area contributed by atoms with Gasteiger partial charge in [-0.25, -0.2) is 0 Å². The van der Waals surface area contributed by atoms with E-state index in [-0.39, 0.29) is 11.8 Å². The maximum atomic E-state index is 12.5. The van der Waals surface area contributed by atoms with Crippen molar-refractivity contribution in [1.82, 2.24) is 9.80 Å². The molecule has 0 atom stereocenters. The fourth-order valence-electron chi connectivity index (χ4n) is 3.16. The van der Waals surface area contributed by atoms with E-state index in [4.69, 9.17) is 4.74 Å². The van der Waals surface area contributed by atoms with Crippen molar-refractivity contribution in [3.8, 4) is 11.5 Å². The van der Waals surface area contributed by atoms with Gasteiger partial charge in [0.15, 0.2) is 0 Å². The van der Waals surface area contributed by atoms with E-state index < -0.39 is 0 Å². The van der Waals surface area contributed by atoms with Crippen molar-refractivity contribution < 1.29 is 14.3 Å². The summed E-state index contributed by atoms with van der Waals surface area (Å²) >= 11 is 0. The third-order valence-electron chi connectivity index (χ3n) is 4.71. The number of para-hydroxylation sites is 1. The van der Waals surface area contributed by atoms with Crippen molar-refractivity contribution in [2.45, 2.75) is 26.2 Å². The van der Waals surface area contributed by atoms with Crippen LogP contribution in [0, 0.1) is 0 Å². The van der Waals surface area contributed by atoms with Crippen LogP contribution < -0.4 is 4.74 Å². The second kappa shape index (κ2) is 9.21. The Balaban J connectivity index is 1.49. The van der Waals surface area contributed by atoms with Crippen LogP contribution in [0.3, 0.4) is 0 Å². The molecule has 0 N–H and O–H groups in total. The molecule has 0 unspecified atom stereocenters. The molecule has 0 spiro atoms. The summed E-state index contributed by atoms with van der Waals surface area (Å²) in [6.45, 7) is 4.50. The van der Waals surface area contributed by atoms with Gasteiger partial charge in [-0.05, 0) is 36.2 Å². The molecule has 1 aliphatic heterocycles. The number of nitrogens with zero attached hydrogens (tertiary/aromatic N) is 2. The second-order valence-corrected chi connectivity index (χ2v) is 6.75. The van der Waals surface area contributed by atoms with Gasteiger partial charge < -0.3 is 14.5 Å². The van der Waals surface area contributed by atoms with Crippen molar-refractivity contribution in [2.75, 3.05) is 26.2 Å². The molecule has 0 bridgehead atoms. The normalized spacial score (nSPS) is 14.1. The van der Waals surface area contributed by atoms with Gasteiger partial charge in [-0.3, -0.25) is 9.59 Å². The molecular weight excluding hydrogens is 340 g/mol. The van der Waals surface area contributed by atoms with E-state index >= 15 is 0 Å². The molecule has 1 fully saturated rings. The van der Waals surface area contributed by atoms with Gasteiger partial charge in [0.1, 0.15) is 11.5 Å². The Bertz CT molecular complexity index is 751. The third-order valence-corrected chi connectivity index (χ3v) is 4.71. The maximum absolute atomic E-state index is 12.5. The van der Waals surface area contributed by atoms with Gasteiger partial charge in [-0.2, -0.15) is 0 Å². The number of hydrogen-bond donors (Lipinski definition) is 0. The number of ether oxygens (including phenoxy) is 1. The average Bonchev–Trinajstić information content (AvgIpc) is 2.70. The first kappa shape index (κ1) is 19.0. The van der Waals surface area contributed by atoms with Crippen LogP contribution in [-0.4, -0.2) is 47.8 Å². The molecule has 142 valence electrons. The van der Waals surface area contributed by atoms with Crippen LogP contribution in [0.25, 0.3) is 0 Å². The fraction of sp³-hybridized carbons (Fsp3) is 0.364. The summed E-state index contributed by atoms with van der Waals surface area (Å²) in [5, 5.41) is 0. The molecule has 27 heavy (non-hydrogen) atoms. The molecule has 5 heteroatoms. The highest BCUT2D eigenvalue weighted by Crippen LogP contribution is 2.21. The molecule has 0 radical (unpaired) electrons. The first-order valence-corrected chi connectivity index (χ1v) is 9.53. The average molecular weight is 366 g/mol. The summed E-state index contributed by atoms with van der Waals surface area (Å²) in [6, 6.07) is 17.2. The Labute approximate surface area is 160 Å². The Morgan fingerprint density at radius 2 is 1.37 bits per heavy atom. The van der Waals surface area contributed by atoms with Crippen LogP contribution in [-0.2, 0) is 16.0 Å². The summed E-state index contributed by atoms with van der Waals surface area (Å²) in [7, 11) is 0. The van der Waals surface area contributed by atoms with Crippen LogP contribution in [0.2, 0.25) is 0 Å². The van der Waals surface area contributed by atoms with Crippen molar-refractivity contribution in [1.29, 1.82) is 0 Å². The minimum absolute atomic E-state index is 0.106. The van der Waals surface area contributed by atoms with E-state index in [1.807, 2.05) is 71.3 Å². The highest BCUT2D eigenvalue weighted by Gasteiger charge is 2.23. The van der Waals surface area contributed by atoms with Gasteiger partial charge in [-0.15, -0.1) is 0 Å². The number of carbonyl (C=O) groups is 2. The zero-order valence-electron chi connectivity index (χ0n) is 15.8. The molecule has 2 aromatic carbocycles. The van der Waals surface area contributed by atoms with Gasteiger partial charge in [0.05, 0.1) is 6.42 Å². The van der Waals surface area contributed by atoms with Crippen molar-refractivity contribution >= 4 is 11.8 Å². The van der Waals surface area contributed by atoms with Crippen LogP contribution in [0.5, 0.6) is 11.5 Å². The largest absolute Gasteiger partial charge is 0.457 e. The number of carbonyl (C=O) groups excluding carboxylic acids is 2. The van der Waals surface area contributed by atoms with E-state index in [0.29, 0.717) is 39.0 Å². The van der Waals surface area contributed by atoms with Gasteiger partial charge in [-0.1, -0.05) is 37.3 Å². The van der Waals surface area contributed by atoms with Crippen molar-refractivity contribution in [3.63, 3.8) is 0 Å².